The summed E-state index contributed by atoms with van der Waals surface area (Å²) in [5.74, 6) is 0. The number of hydrogen-bond donors (Lipinski definition) is 0. The van der Waals surface area contributed by atoms with Crippen molar-refractivity contribution in [2.45, 2.75) is 44.7 Å². The second-order valence-electron chi connectivity index (χ2n) is 7.13. The summed E-state index contributed by atoms with van der Waals surface area (Å²) in [6, 6.07) is 13.5. The van der Waals surface area contributed by atoms with Crippen molar-refractivity contribution in [2.75, 3.05) is 19.6 Å². The fourth-order valence-corrected chi connectivity index (χ4v) is 3.56. The van der Waals surface area contributed by atoms with Crippen LogP contribution in [0, 0.1) is 0 Å². The van der Waals surface area contributed by atoms with Crippen LogP contribution in [-0.2, 0) is 12.6 Å². The summed E-state index contributed by atoms with van der Waals surface area (Å²) < 4.78 is 37.9. The largest absolute Gasteiger partial charge is 0.416 e. The van der Waals surface area contributed by atoms with Crippen LogP contribution in [0.1, 0.15) is 43.2 Å². The van der Waals surface area contributed by atoms with Gasteiger partial charge in [-0.05, 0) is 80.6 Å². The third-order valence-corrected chi connectivity index (χ3v) is 5.14. The van der Waals surface area contributed by atoms with E-state index in [0.717, 1.165) is 29.7 Å². The van der Waals surface area contributed by atoms with E-state index in [2.05, 4.69) is 17.0 Å². The minimum atomic E-state index is -4.28. The molecule has 0 N–H and O–H groups in total. The molecule has 0 spiro atoms. The zero-order valence-electron chi connectivity index (χ0n) is 15.1. The number of piperidine rings is 1. The van der Waals surface area contributed by atoms with Gasteiger partial charge in [0.15, 0.2) is 0 Å². The first kappa shape index (κ1) is 19.0. The number of unbranched alkanes of at least 4 members (excludes halogenated alkanes) is 1. The molecular weight excluding hydrogens is 335 g/mol. The van der Waals surface area contributed by atoms with Gasteiger partial charge in [-0.2, -0.15) is 13.2 Å². The van der Waals surface area contributed by atoms with E-state index in [1.807, 2.05) is 12.1 Å². The van der Waals surface area contributed by atoms with Gasteiger partial charge in [0.05, 0.1) is 5.56 Å². The van der Waals surface area contributed by atoms with Gasteiger partial charge in [-0.15, -0.1) is 0 Å². The van der Waals surface area contributed by atoms with E-state index in [-0.39, 0.29) is 0 Å². The lowest BCUT2D eigenvalue weighted by molar-refractivity contribution is -0.137. The number of aryl methyl sites for hydroxylation is 1. The number of rotatable bonds is 6. The highest BCUT2D eigenvalue weighted by Gasteiger charge is 2.29. The van der Waals surface area contributed by atoms with E-state index in [1.54, 1.807) is 0 Å². The van der Waals surface area contributed by atoms with Gasteiger partial charge in [0.2, 0.25) is 0 Å². The Labute approximate surface area is 153 Å². The molecular formula is C22H26F3N. The van der Waals surface area contributed by atoms with Gasteiger partial charge in [0, 0.05) is 0 Å². The molecule has 1 nitrogen and oxygen atoms in total. The third kappa shape index (κ3) is 5.34. The zero-order chi connectivity index (χ0) is 18.4. The summed E-state index contributed by atoms with van der Waals surface area (Å²) >= 11 is 0. The van der Waals surface area contributed by atoms with Crippen LogP contribution in [0.3, 0.4) is 0 Å². The summed E-state index contributed by atoms with van der Waals surface area (Å²) in [7, 11) is 0. The van der Waals surface area contributed by atoms with Gasteiger partial charge in [-0.3, -0.25) is 0 Å². The predicted molar refractivity (Wildman–Crippen MR) is 100 cm³/mol. The lowest BCUT2D eigenvalue weighted by Gasteiger charge is -2.26. The lowest BCUT2D eigenvalue weighted by atomic mass is 10.0. The van der Waals surface area contributed by atoms with Crippen LogP contribution in [0.5, 0.6) is 0 Å². The summed E-state index contributed by atoms with van der Waals surface area (Å²) in [6.45, 7) is 3.70. The van der Waals surface area contributed by atoms with Crippen LogP contribution in [0.4, 0.5) is 13.2 Å². The van der Waals surface area contributed by atoms with Crippen molar-refractivity contribution in [3.8, 4) is 11.1 Å². The Morgan fingerprint density at radius 1 is 0.731 bits per heavy atom. The van der Waals surface area contributed by atoms with Crippen LogP contribution in [0.2, 0.25) is 0 Å². The molecule has 4 heteroatoms. The molecule has 0 radical (unpaired) electrons. The lowest BCUT2D eigenvalue weighted by Crippen LogP contribution is -2.30. The van der Waals surface area contributed by atoms with Crippen LogP contribution in [0.15, 0.2) is 48.5 Å². The number of alkyl halides is 3. The molecule has 0 atom stereocenters. The topological polar surface area (TPSA) is 3.24 Å². The molecule has 0 amide bonds. The SMILES string of the molecule is FC(F)(F)c1ccc(-c2ccc(CCCCN3CCCCC3)cc2)cc1. The van der Waals surface area contributed by atoms with Crippen molar-refractivity contribution in [3.05, 3.63) is 59.7 Å². The van der Waals surface area contributed by atoms with Crippen LogP contribution >= 0.6 is 0 Å². The summed E-state index contributed by atoms with van der Waals surface area (Å²) in [4.78, 5) is 2.57. The molecule has 1 fully saturated rings. The molecule has 0 aromatic heterocycles. The molecule has 1 aliphatic rings. The van der Waals surface area contributed by atoms with E-state index < -0.39 is 11.7 Å². The standard InChI is InChI=1S/C22H26F3N/c23-22(24,25)21-13-11-20(12-14-21)19-9-7-18(8-10-19)6-2-5-17-26-15-3-1-4-16-26/h7-14H,1-6,15-17H2. The summed E-state index contributed by atoms with van der Waals surface area (Å²) in [6.07, 6.45) is 3.23. The number of nitrogens with zero attached hydrogens (tertiary/aromatic N) is 1. The summed E-state index contributed by atoms with van der Waals surface area (Å²) in [5, 5.41) is 0. The number of likely N-dealkylation sites (tertiary alicyclic amines) is 1. The Morgan fingerprint density at radius 2 is 1.31 bits per heavy atom. The molecule has 2 aromatic carbocycles. The normalized spacial score (nSPS) is 16.0. The quantitative estimate of drug-likeness (QED) is 0.555. The maximum Gasteiger partial charge on any atom is 0.416 e. The van der Waals surface area contributed by atoms with E-state index in [0.29, 0.717) is 0 Å². The minimum absolute atomic E-state index is 0.605. The second-order valence-corrected chi connectivity index (χ2v) is 7.13. The monoisotopic (exact) mass is 361 g/mol. The Hall–Kier alpha value is -1.81. The molecule has 1 heterocycles. The number of halogens is 3. The Balaban J connectivity index is 1.48. The fraction of sp³-hybridized carbons (Fsp3) is 0.455. The highest BCUT2D eigenvalue weighted by atomic mass is 19.4. The maximum atomic E-state index is 12.6. The first-order chi connectivity index (χ1) is 12.5. The van der Waals surface area contributed by atoms with Gasteiger partial charge in [-0.1, -0.05) is 42.8 Å². The van der Waals surface area contributed by atoms with E-state index in [1.165, 1.54) is 69.4 Å². The average molecular weight is 361 g/mol. The molecule has 0 bridgehead atoms. The third-order valence-electron chi connectivity index (χ3n) is 5.14. The predicted octanol–water partition coefficient (Wildman–Crippen LogP) is 6.18. The molecule has 26 heavy (non-hydrogen) atoms. The van der Waals surface area contributed by atoms with Crippen molar-refractivity contribution < 1.29 is 13.2 Å². The Bertz CT molecular complexity index is 668. The smallest absolute Gasteiger partial charge is 0.303 e. The Morgan fingerprint density at radius 3 is 1.88 bits per heavy atom. The van der Waals surface area contributed by atoms with Crippen molar-refractivity contribution in [1.29, 1.82) is 0 Å². The van der Waals surface area contributed by atoms with E-state index in [4.69, 9.17) is 0 Å². The van der Waals surface area contributed by atoms with Gasteiger partial charge in [-0.25, -0.2) is 0 Å². The van der Waals surface area contributed by atoms with E-state index >= 15 is 0 Å². The van der Waals surface area contributed by atoms with Crippen molar-refractivity contribution in [3.63, 3.8) is 0 Å². The van der Waals surface area contributed by atoms with Gasteiger partial charge in [0.25, 0.3) is 0 Å². The molecule has 140 valence electrons. The number of benzene rings is 2. The molecule has 1 aliphatic heterocycles. The van der Waals surface area contributed by atoms with E-state index in [9.17, 15) is 13.2 Å². The van der Waals surface area contributed by atoms with Gasteiger partial charge in [0.1, 0.15) is 0 Å². The van der Waals surface area contributed by atoms with Gasteiger partial charge < -0.3 is 4.90 Å². The zero-order valence-corrected chi connectivity index (χ0v) is 15.1. The van der Waals surface area contributed by atoms with Crippen molar-refractivity contribution >= 4 is 0 Å². The van der Waals surface area contributed by atoms with Crippen molar-refractivity contribution in [1.82, 2.24) is 4.90 Å². The van der Waals surface area contributed by atoms with Crippen molar-refractivity contribution in [2.24, 2.45) is 0 Å². The van der Waals surface area contributed by atoms with Crippen LogP contribution < -0.4 is 0 Å². The molecule has 3 rings (SSSR count). The second kappa shape index (κ2) is 8.72. The van der Waals surface area contributed by atoms with Gasteiger partial charge >= 0.3 is 6.18 Å². The molecule has 1 saturated heterocycles. The Kier molecular flexibility index (Phi) is 6.36. The molecule has 0 saturated carbocycles. The molecule has 0 aliphatic carbocycles. The summed E-state index contributed by atoms with van der Waals surface area (Å²) in [5.41, 5.74) is 2.45. The maximum absolute atomic E-state index is 12.6. The minimum Gasteiger partial charge on any atom is -0.303 e. The highest BCUT2D eigenvalue weighted by Crippen LogP contribution is 2.31. The fourth-order valence-electron chi connectivity index (χ4n) is 3.56. The molecule has 2 aromatic rings. The first-order valence-corrected chi connectivity index (χ1v) is 9.51. The van der Waals surface area contributed by atoms with Crippen LogP contribution in [-0.4, -0.2) is 24.5 Å². The molecule has 0 unspecified atom stereocenters. The first-order valence-electron chi connectivity index (χ1n) is 9.51. The number of hydrogen-bond acceptors (Lipinski definition) is 1. The highest BCUT2D eigenvalue weighted by molar-refractivity contribution is 5.64. The van der Waals surface area contributed by atoms with Crippen LogP contribution in [0.25, 0.3) is 11.1 Å². The average Bonchev–Trinajstić information content (AvgIpc) is 2.66.